The van der Waals surface area contributed by atoms with E-state index in [1.165, 1.54) is 5.38 Å². The molecule has 1 aromatic carbocycles. The molecule has 23 heavy (non-hydrogen) atoms. The Morgan fingerprint density at radius 1 is 1.09 bits per heavy atom. The van der Waals surface area contributed by atoms with Crippen LogP contribution in [0.15, 0.2) is 34.4 Å². The zero-order valence-electron chi connectivity index (χ0n) is 12.1. The fourth-order valence-electron chi connectivity index (χ4n) is 2.47. The number of nitrogens with one attached hydrogen (secondary N) is 1. The number of hydrogen-bond acceptors (Lipinski definition) is 4. The van der Waals surface area contributed by atoms with Crippen LogP contribution in [0.2, 0.25) is 5.02 Å². The van der Waals surface area contributed by atoms with Crippen molar-refractivity contribution in [3.05, 3.63) is 55.6 Å². The second-order valence-electron chi connectivity index (χ2n) is 5.16. The number of piperazine rings is 1. The quantitative estimate of drug-likeness (QED) is 0.894. The van der Waals surface area contributed by atoms with Crippen molar-refractivity contribution < 1.29 is 9.59 Å². The standard InChI is InChI=1S/C15H14ClN3O3S/c16-11-3-1-2-10(8-11)13(20)18-4-6-19(7-5-18)14(21)12-9-23-15(22)17-12/h1-3,8-9H,4-7H2,(H,17,22). The highest BCUT2D eigenvalue weighted by molar-refractivity contribution is 7.07. The van der Waals surface area contributed by atoms with E-state index in [2.05, 4.69) is 4.98 Å². The minimum Gasteiger partial charge on any atom is -0.335 e. The van der Waals surface area contributed by atoms with Crippen molar-refractivity contribution in [3.63, 3.8) is 0 Å². The van der Waals surface area contributed by atoms with Gasteiger partial charge in [0.25, 0.3) is 11.8 Å². The number of rotatable bonds is 2. The number of amides is 2. The van der Waals surface area contributed by atoms with E-state index in [1.54, 1.807) is 34.1 Å². The molecule has 0 saturated carbocycles. The van der Waals surface area contributed by atoms with Gasteiger partial charge in [-0.15, -0.1) is 0 Å². The molecular weight excluding hydrogens is 338 g/mol. The normalized spacial score (nSPS) is 14.8. The average Bonchev–Trinajstić information content (AvgIpc) is 3.00. The number of aromatic nitrogens is 1. The van der Waals surface area contributed by atoms with Gasteiger partial charge in [-0.25, -0.2) is 0 Å². The molecule has 0 spiro atoms. The average molecular weight is 352 g/mol. The summed E-state index contributed by atoms with van der Waals surface area (Å²) in [5.41, 5.74) is 0.842. The number of thiazole rings is 1. The van der Waals surface area contributed by atoms with Crippen LogP contribution in [0, 0.1) is 0 Å². The predicted octanol–water partition coefficient (Wildman–Crippen LogP) is 1.69. The zero-order chi connectivity index (χ0) is 16.4. The lowest BCUT2D eigenvalue weighted by Crippen LogP contribution is -2.50. The summed E-state index contributed by atoms with van der Waals surface area (Å²) < 4.78 is 0. The molecule has 0 radical (unpaired) electrons. The first-order valence-corrected chi connectivity index (χ1v) is 8.32. The van der Waals surface area contributed by atoms with Crippen LogP contribution in [0.25, 0.3) is 0 Å². The maximum Gasteiger partial charge on any atom is 0.305 e. The summed E-state index contributed by atoms with van der Waals surface area (Å²) in [4.78, 5) is 41.4. The van der Waals surface area contributed by atoms with Crippen molar-refractivity contribution in [1.82, 2.24) is 14.8 Å². The Morgan fingerprint density at radius 2 is 1.74 bits per heavy atom. The molecule has 0 atom stereocenters. The molecule has 0 aliphatic carbocycles. The van der Waals surface area contributed by atoms with E-state index in [9.17, 15) is 14.4 Å². The number of nitrogens with zero attached hydrogens (tertiary/aromatic N) is 2. The summed E-state index contributed by atoms with van der Waals surface area (Å²) in [6.07, 6.45) is 0. The van der Waals surface area contributed by atoms with E-state index in [0.29, 0.717) is 42.5 Å². The molecule has 3 rings (SSSR count). The van der Waals surface area contributed by atoms with Crippen LogP contribution in [-0.2, 0) is 0 Å². The summed E-state index contributed by atoms with van der Waals surface area (Å²) in [6, 6.07) is 6.82. The van der Waals surface area contributed by atoms with Crippen molar-refractivity contribution >= 4 is 34.8 Å². The summed E-state index contributed by atoms with van der Waals surface area (Å²) in [7, 11) is 0. The number of H-pyrrole nitrogens is 1. The third-order valence-electron chi connectivity index (χ3n) is 3.68. The second kappa shape index (κ2) is 6.55. The minimum absolute atomic E-state index is 0.0939. The van der Waals surface area contributed by atoms with Crippen molar-refractivity contribution in [2.24, 2.45) is 0 Å². The van der Waals surface area contributed by atoms with E-state index in [0.717, 1.165) is 11.3 Å². The zero-order valence-corrected chi connectivity index (χ0v) is 13.7. The van der Waals surface area contributed by atoms with Crippen molar-refractivity contribution in [1.29, 1.82) is 0 Å². The topological polar surface area (TPSA) is 73.5 Å². The molecule has 1 saturated heterocycles. The largest absolute Gasteiger partial charge is 0.335 e. The second-order valence-corrected chi connectivity index (χ2v) is 6.44. The van der Waals surface area contributed by atoms with Gasteiger partial charge >= 0.3 is 4.87 Å². The molecule has 1 fully saturated rings. The Labute approximate surface area is 141 Å². The number of aromatic amines is 1. The lowest BCUT2D eigenvalue weighted by molar-refractivity contribution is 0.0532. The first-order valence-electron chi connectivity index (χ1n) is 7.06. The summed E-state index contributed by atoms with van der Waals surface area (Å²) in [5, 5.41) is 2.04. The van der Waals surface area contributed by atoms with Gasteiger partial charge < -0.3 is 14.8 Å². The third-order valence-corrected chi connectivity index (χ3v) is 4.58. The Balaban J connectivity index is 1.63. The Bertz CT molecular complexity index is 793. The van der Waals surface area contributed by atoms with Crippen LogP contribution in [0.1, 0.15) is 20.8 Å². The van der Waals surface area contributed by atoms with E-state index >= 15 is 0 Å². The molecule has 0 unspecified atom stereocenters. The van der Waals surface area contributed by atoms with Crippen LogP contribution in [-0.4, -0.2) is 52.8 Å². The molecule has 6 nitrogen and oxygen atoms in total. The first kappa shape index (κ1) is 15.8. The number of carbonyl (C=O) groups is 2. The van der Waals surface area contributed by atoms with Gasteiger partial charge in [-0.3, -0.25) is 14.4 Å². The first-order chi connectivity index (χ1) is 11.0. The SMILES string of the molecule is O=C(c1cccc(Cl)c1)N1CCN(C(=O)c2csc(=O)[nH]2)CC1. The molecule has 1 N–H and O–H groups in total. The monoisotopic (exact) mass is 351 g/mol. The Hall–Kier alpha value is -2.12. The van der Waals surface area contributed by atoms with Crippen LogP contribution >= 0.6 is 22.9 Å². The van der Waals surface area contributed by atoms with Crippen LogP contribution in [0.5, 0.6) is 0 Å². The molecule has 1 aromatic heterocycles. The van der Waals surface area contributed by atoms with E-state index in [4.69, 9.17) is 11.6 Å². The molecule has 2 heterocycles. The van der Waals surface area contributed by atoms with Gasteiger partial charge in [-0.2, -0.15) is 0 Å². The maximum absolute atomic E-state index is 12.4. The summed E-state index contributed by atoms with van der Waals surface area (Å²) >= 11 is 6.88. The van der Waals surface area contributed by atoms with Gasteiger partial charge in [-0.1, -0.05) is 29.0 Å². The van der Waals surface area contributed by atoms with Crippen molar-refractivity contribution in [2.75, 3.05) is 26.2 Å². The fourth-order valence-corrected chi connectivity index (χ4v) is 3.22. The van der Waals surface area contributed by atoms with Gasteiger partial charge in [0.1, 0.15) is 5.69 Å². The van der Waals surface area contributed by atoms with E-state index in [-0.39, 0.29) is 16.7 Å². The highest BCUT2D eigenvalue weighted by atomic mass is 35.5. The lowest BCUT2D eigenvalue weighted by atomic mass is 10.2. The van der Waals surface area contributed by atoms with Gasteiger partial charge in [0.2, 0.25) is 0 Å². The van der Waals surface area contributed by atoms with Crippen LogP contribution in [0.4, 0.5) is 0 Å². The Kier molecular flexibility index (Phi) is 4.49. The van der Waals surface area contributed by atoms with Gasteiger partial charge in [-0.05, 0) is 18.2 Å². The third kappa shape index (κ3) is 3.46. The number of benzene rings is 1. The molecule has 8 heteroatoms. The lowest BCUT2D eigenvalue weighted by Gasteiger charge is -2.34. The minimum atomic E-state index is -0.247. The van der Waals surface area contributed by atoms with Crippen LogP contribution < -0.4 is 4.87 Å². The van der Waals surface area contributed by atoms with E-state index < -0.39 is 0 Å². The molecular formula is C15H14ClN3O3S. The predicted molar refractivity (Wildman–Crippen MR) is 88.2 cm³/mol. The molecule has 120 valence electrons. The number of carbonyl (C=O) groups excluding carboxylic acids is 2. The number of hydrogen-bond donors (Lipinski definition) is 1. The molecule has 2 aromatic rings. The van der Waals surface area contributed by atoms with Crippen molar-refractivity contribution in [2.45, 2.75) is 0 Å². The smallest absolute Gasteiger partial charge is 0.305 e. The summed E-state index contributed by atoms with van der Waals surface area (Å²) in [5.74, 6) is -0.304. The maximum atomic E-state index is 12.4. The fraction of sp³-hybridized carbons (Fsp3) is 0.267. The Morgan fingerprint density at radius 3 is 2.30 bits per heavy atom. The highest BCUT2D eigenvalue weighted by Crippen LogP contribution is 2.15. The molecule has 0 bridgehead atoms. The highest BCUT2D eigenvalue weighted by Gasteiger charge is 2.26. The van der Waals surface area contributed by atoms with Gasteiger partial charge in [0.05, 0.1) is 0 Å². The van der Waals surface area contributed by atoms with Crippen LogP contribution in [0.3, 0.4) is 0 Å². The molecule has 1 aliphatic heterocycles. The number of halogens is 1. The van der Waals surface area contributed by atoms with Gasteiger partial charge in [0.15, 0.2) is 0 Å². The molecule has 1 aliphatic rings. The van der Waals surface area contributed by atoms with E-state index in [1.807, 2.05) is 0 Å². The van der Waals surface area contributed by atoms with Crippen molar-refractivity contribution in [3.8, 4) is 0 Å². The molecule has 2 amide bonds. The van der Waals surface area contributed by atoms with Gasteiger partial charge in [0, 0.05) is 42.1 Å². The summed E-state index contributed by atoms with van der Waals surface area (Å²) in [6.45, 7) is 1.77.